The maximum Gasteiger partial charge on any atom is 0.308 e. The van der Waals surface area contributed by atoms with Gasteiger partial charge >= 0.3 is 5.97 Å². The Bertz CT molecular complexity index is 816. The number of amides is 1. The van der Waals surface area contributed by atoms with Gasteiger partial charge in [0.15, 0.2) is 0 Å². The number of aliphatic carboxylic acids is 1. The van der Waals surface area contributed by atoms with E-state index in [1.54, 1.807) is 27.9 Å². The summed E-state index contributed by atoms with van der Waals surface area (Å²) in [5, 5.41) is 13.8. The molecule has 1 fully saturated rings. The molecule has 2 aromatic rings. The third kappa shape index (κ3) is 3.34. The molecule has 3 rings (SSSR count). The second kappa shape index (κ2) is 7.27. The van der Waals surface area contributed by atoms with Crippen molar-refractivity contribution in [1.82, 2.24) is 14.7 Å². The number of likely N-dealkylation sites (tertiary alicyclic amines) is 1. The predicted molar refractivity (Wildman–Crippen MR) is 93.4 cm³/mol. The monoisotopic (exact) mass is 359 g/mol. The number of benzene rings is 1. The summed E-state index contributed by atoms with van der Waals surface area (Å²) in [4.78, 5) is 26.2. The molecule has 6 nitrogen and oxygen atoms in total. The predicted octanol–water partition coefficient (Wildman–Crippen LogP) is 2.68. The van der Waals surface area contributed by atoms with Gasteiger partial charge in [-0.2, -0.15) is 5.10 Å². The summed E-state index contributed by atoms with van der Waals surface area (Å²) in [5.74, 6) is -2.60. The lowest BCUT2D eigenvalue weighted by atomic mass is 9.89. The summed E-state index contributed by atoms with van der Waals surface area (Å²) >= 11 is 0. The molecule has 1 aromatic heterocycles. The number of nitrogens with zero attached hydrogens (tertiary/aromatic N) is 3. The molecule has 138 valence electrons. The van der Waals surface area contributed by atoms with Gasteiger partial charge in [0, 0.05) is 31.2 Å². The highest BCUT2D eigenvalue weighted by molar-refractivity contribution is 5.95. The Balaban J connectivity index is 1.84. The van der Waals surface area contributed by atoms with E-state index in [4.69, 9.17) is 0 Å². The Labute approximate surface area is 151 Å². The van der Waals surface area contributed by atoms with Gasteiger partial charge in [0.25, 0.3) is 5.91 Å². The number of aromatic nitrogens is 2. The zero-order valence-corrected chi connectivity index (χ0v) is 14.9. The number of rotatable bonds is 5. The van der Waals surface area contributed by atoms with Crippen molar-refractivity contribution in [3.63, 3.8) is 0 Å². The molecule has 1 saturated heterocycles. The van der Waals surface area contributed by atoms with Crippen molar-refractivity contribution in [2.75, 3.05) is 13.1 Å². The lowest BCUT2D eigenvalue weighted by Crippen LogP contribution is -2.30. The summed E-state index contributed by atoms with van der Waals surface area (Å²) in [6, 6.07) is 5.82. The van der Waals surface area contributed by atoms with Crippen molar-refractivity contribution < 1.29 is 19.1 Å². The van der Waals surface area contributed by atoms with Crippen LogP contribution in [-0.2, 0) is 11.3 Å². The van der Waals surface area contributed by atoms with Crippen LogP contribution in [0.3, 0.4) is 0 Å². The van der Waals surface area contributed by atoms with E-state index >= 15 is 0 Å². The van der Waals surface area contributed by atoms with Gasteiger partial charge in [0.1, 0.15) is 5.82 Å². The fourth-order valence-electron chi connectivity index (χ4n) is 3.53. The number of aryl methyl sites for hydroxylation is 1. The van der Waals surface area contributed by atoms with Crippen LogP contribution in [-0.4, -0.2) is 44.8 Å². The Morgan fingerprint density at radius 3 is 2.58 bits per heavy atom. The van der Waals surface area contributed by atoms with Crippen molar-refractivity contribution in [2.45, 2.75) is 32.7 Å². The number of carbonyl (C=O) groups is 2. The number of carboxylic acid groups (broad SMARTS) is 1. The van der Waals surface area contributed by atoms with Crippen LogP contribution in [0.25, 0.3) is 0 Å². The van der Waals surface area contributed by atoms with Gasteiger partial charge < -0.3 is 10.0 Å². The van der Waals surface area contributed by atoms with E-state index < -0.39 is 11.9 Å². The largest absolute Gasteiger partial charge is 0.481 e. The maximum absolute atomic E-state index is 13.2. The van der Waals surface area contributed by atoms with Crippen molar-refractivity contribution in [2.24, 2.45) is 5.92 Å². The average molecular weight is 359 g/mol. The molecular formula is C19H22FN3O3. The van der Waals surface area contributed by atoms with Gasteiger partial charge in [-0.25, -0.2) is 4.39 Å². The summed E-state index contributed by atoms with van der Waals surface area (Å²) < 4.78 is 15.0. The molecule has 0 unspecified atom stereocenters. The normalized spacial score (nSPS) is 19.7. The van der Waals surface area contributed by atoms with Gasteiger partial charge in [0.2, 0.25) is 0 Å². The van der Waals surface area contributed by atoms with Crippen molar-refractivity contribution in [3.8, 4) is 0 Å². The second-order valence-electron chi connectivity index (χ2n) is 6.68. The molecule has 0 radical (unpaired) electrons. The molecule has 1 aliphatic rings. The second-order valence-corrected chi connectivity index (χ2v) is 6.68. The summed E-state index contributed by atoms with van der Waals surface area (Å²) in [5.41, 5.74) is 2.02. The first kappa shape index (κ1) is 18.1. The van der Waals surface area contributed by atoms with E-state index in [1.165, 1.54) is 12.1 Å². The molecular weight excluding hydrogens is 337 g/mol. The molecule has 1 amide bonds. The molecule has 1 aliphatic heterocycles. The topological polar surface area (TPSA) is 75.4 Å². The number of carbonyl (C=O) groups excluding carboxylic acids is 1. The Hall–Kier alpha value is -2.70. The lowest BCUT2D eigenvalue weighted by Gasteiger charge is -2.16. The fourth-order valence-corrected chi connectivity index (χ4v) is 3.53. The molecule has 7 heteroatoms. The highest BCUT2D eigenvalue weighted by atomic mass is 19.1. The molecule has 0 spiro atoms. The molecule has 2 atom stereocenters. The molecule has 0 aliphatic carbocycles. The van der Waals surface area contributed by atoms with Crippen LogP contribution < -0.4 is 0 Å². The highest BCUT2D eigenvalue weighted by Crippen LogP contribution is 2.34. The molecule has 1 N–H and O–H groups in total. The van der Waals surface area contributed by atoms with Gasteiger partial charge in [-0.15, -0.1) is 0 Å². The van der Waals surface area contributed by atoms with Crippen LogP contribution in [0, 0.1) is 18.7 Å². The van der Waals surface area contributed by atoms with Gasteiger partial charge in [0.05, 0.1) is 17.7 Å². The number of carboxylic acids is 1. The maximum atomic E-state index is 13.2. The van der Waals surface area contributed by atoms with E-state index in [0.29, 0.717) is 12.1 Å². The van der Waals surface area contributed by atoms with Gasteiger partial charge in [-0.05, 0) is 31.0 Å². The number of hydrogen-bond donors (Lipinski definition) is 1. The average Bonchev–Trinajstić information content (AvgIpc) is 3.21. The Morgan fingerprint density at radius 2 is 1.96 bits per heavy atom. The Morgan fingerprint density at radius 1 is 1.27 bits per heavy atom. The molecule has 26 heavy (non-hydrogen) atoms. The van der Waals surface area contributed by atoms with Crippen LogP contribution in [0.5, 0.6) is 0 Å². The van der Waals surface area contributed by atoms with Crippen molar-refractivity contribution in [1.29, 1.82) is 0 Å². The third-order valence-electron chi connectivity index (χ3n) is 4.99. The highest BCUT2D eigenvalue weighted by Gasteiger charge is 2.41. The van der Waals surface area contributed by atoms with Crippen LogP contribution in [0.15, 0.2) is 30.5 Å². The van der Waals surface area contributed by atoms with Crippen molar-refractivity contribution in [3.05, 3.63) is 53.1 Å². The summed E-state index contributed by atoms with van der Waals surface area (Å²) in [7, 11) is 0. The number of hydrogen-bond acceptors (Lipinski definition) is 3. The quantitative estimate of drug-likeness (QED) is 0.891. The van der Waals surface area contributed by atoms with Crippen LogP contribution >= 0.6 is 0 Å². The number of halogens is 1. The SMILES string of the molecule is CCCn1ncc(C(=O)N2C[C@H](C(=O)O)[C@@H](c3ccc(F)cc3)C2)c1C. The van der Waals surface area contributed by atoms with Crippen molar-refractivity contribution >= 4 is 11.9 Å². The van der Waals surface area contributed by atoms with Crippen LogP contribution in [0.4, 0.5) is 4.39 Å². The fraction of sp³-hybridized carbons (Fsp3) is 0.421. The molecule has 2 heterocycles. The zero-order chi connectivity index (χ0) is 18.8. The van der Waals surface area contributed by atoms with Crippen LogP contribution in [0.2, 0.25) is 0 Å². The van der Waals surface area contributed by atoms with Gasteiger partial charge in [-0.1, -0.05) is 19.1 Å². The molecule has 0 saturated carbocycles. The minimum absolute atomic E-state index is 0.134. The minimum atomic E-state index is -0.951. The Kier molecular flexibility index (Phi) is 5.06. The first-order chi connectivity index (χ1) is 12.4. The molecule has 0 bridgehead atoms. The minimum Gasteiger partial charge on any atom is -0.481 e. The first-order valence-corrected chi connectivity index (χ1v) is 8.72. The zero-order valence-electron chi connectivity index (χ0n) is 14.9. The van der Waals surface area contributed by atoms with E-state index in [-0.39, 0.29) is 24.2 Å². The summed E-state index contributed by atoms with van der Waals surface area (Å²) in [6.07, 6.45) is 2.46. The van der Waals surface area contributed by atoms with E-state index in [0.717, 1.165) is 24.2 Å². The van der Waals surface area contributed by atoms with Crippen LogP contribution in [0.1, 0.15) is 40.9 Å². The van der Waals surface area contributed by atoms with Gasteiger partial charge in [-0.3, -0.25) is 14.3 Å². The third-order valence-corrected chi connectivity index (χ3v) is 4.99. The molecule has 1 aromatic carbocycles. The van der Waals surface area contributed by atoms with E-state index in [2.05, 4.69) is 5.10 Å². The summed E-state index contributed by atoms with van der Waals surface area (Å²) in [6.45, 7) is 5.04. The first-order valence-electron chi connectivity index (χ1n) is 8.72. The smallest absolute Gasteiger partial charge is 0.308 e. The lowest BCUT2D eigenvalue weighted by molar-refractivity contribution is -0.141. The van der Waals surface area contributed by atoms with E-state index in [1.807, 2.05) is 13.8 Å². The van der Waals surface area contributed by atoms with E-state index in [9.17, 15) is 19.1 Å². The standard InChI is InChI=1S/C19H22FN3O3/c1-3-8-23-12(2)15(9-21-23)18(24)22-10-16(17(11-22)19(25)26)13-4-6-14(20)7-5-13/h4-7,9,16-17H,3,8,10-11H2,1-2H3,(H,25,26)/t16-,17+/m1/s1.